The maximum atomic E-state index is 12.3. The number of carbonyl (C=O) groups excluding carboxylic acids is 1. The van der Waals surface area contributed by atoms with E-state index in [0.29, 0.717) is 5.56 Å². The maximum absolute atomic E-state index is 12.3. The molecule has 1 atom stereocenters. The van der Waals surface area contributed by atoms with Crippen molar-refractivity contribution in [3.63, 3.8) is 0 Å². The van der Waals surface area contributed by atoms with Crippen LogP contribution in [0.3, 0.4) is 0 Å². The average molecular weight is 246 g/mol. The van der Waals surface area contributed by atoms with Gasteiger partial charge in [-0.1, -0.05) is 29.8 Å². The minimum atomic E-state index is -4.37. The Morgan fingerprint density at radius 1 is 1.29 bits per heavy atom. The third-order valence-electron chi connectivity index (χ3n) is 2.17. The van der Waals surface area contributed by atoms with Crippen LogP contribution < -0.4 is 0 Å². The molecule has 5 heteroatoms. The molecule has 0 spiro atoms. The predicted octanol–water partition coefficient (Wildman–Crippen LogP) is 3.55. The molecule has 0 saturated carbocycles. The highest BCUT2D eigenvalue weighted by Gasteiger charge is 2.34. The number of hydrogen-bond acceptors (Lipinski definition) is 2. The van der Waals surface area contributed by atoms with Crippen LogP contribution >= 0.6 is 0 Å². The Morgan fingerprint density at radius 2 is 1.82 bits per heavy atom. The highest BCUT2D eigenvalue weighted by Crippen LogP contribution is 2.32. The number of alkyl halides is 3. The van der Waals surface area contributed by atoms with Crippen molar-refractivity contribution in [3.05, 3.63) is 35.4 Å². The van der Waals surface area contributed by atoms with Crippen molar-refractivity contribution in [1.29, 1.82) is 0 Å². The average Bonchev–Trinajstić information content (AvgIpc) is 2.14. The summed E-state index contributed by atoms with van der Waals surface area (Å²) in [6, 6.07) is 6.44. The minimum Gasteiger partial charge on any atom is -0.457 e. The molecule has 2 nitrogen and oxygen atoms in total. The Morgan fingerprint density at radius 3 is 2.24 bits per heavy atom. The van der Waals surface area contributed by atoms with Gasteiger partial charge < -0.3 is 4.74 Å². The lowest BCUT2D eigenvalue weighted by atomic mass is 10.0. The lowest BCUT2D eigenvalue weighted by Crippen LogP contribution is -2.18. The number of ether oxygens (including phenoxy) is 1. The molecule has 0 radical (unpaired) electrons. The molecule has 0 heterocycles. The van der Waals surface area contributed by atoms with Crippen LogP contribution in [0.5, 0.6) is 0 Å². The van der Waals surface area contributed by atoms with Crippen molar-refractivity contribution < 1.29 is 22.7 Å². The van der Waals surface area contributed by atoms with Crippen LogP contribution in [-0.2, 0) is 9.53 Å². The van der Waals surface area contributed by atoms with Gasteiger partial charge in [0, 0.05) is 6.92 Å². The van der Waals surface area contributed by atoms with Crippen molar-refractivity contribution in [2.24, 2.45) is 0 Å². The standard InChI is InChI=1S/C12H13F3O2/c1-8-3-5-10(6-4-8)11(17-9(2)16)7-12(13,14)15/h3-6,11H,7H2,1-2H3. The topological polar surface area (TPSA) is 26.3 Å². The van der Waals surface area contributed by atoms with Crippen LogP contribution in [0.2, 0.25) is 0 Å². The molecule has 0 saturated heterocycles. The van der Waals surface area contributed by atoms with Gasteiger partial charge in [0.05, 0.1) is 6.42 Å². The zero-order valence-electron chi connectivity index (χ0n) is 9.54. The summed E-state index contributed by atoms with van der Waals surface area (Å²) in [6.07, 6.45) is -6.81. The molecule has 0 aliphatic carbocycles. The molecule has 1 rings (SSSR count). The molecule has 0 aliphatic heterocycles. The Bertz CT molecular complexity index is 382. The predicted molar refractivity (Wildman–Crippen MR) is 56.4 cm³/mol. The first-order valence-electron chi connectivity index (χ1n) is 5.08. The van der Waals surface area contributed by atoms with Crippen LogP contribution in [-0.4, -0.2) is 12.1 Å². The number of esters is 1. The zero-order valence-corrected chi connectivity index (χ0v) is 9.54. The second kappa shape index (κ2) is 5.21. The van der Waals surface area contributed by atoms with Crippen LogP contribution in [0.15, 0.2) is 24.3 Å². The number of rotatable bonds is 3. The first-order valence-corrected chi connectivity index (χ1v) is 5.08. The summed E-state index contributed by atoms with van der Waals surface area (Å²) in [4.78, 5) is 10.8. The smallest absolute Gasteiger partial charge is 0.392 e. The van der Waals surface area contributed by atoms with Crippen molar-refractivity contribution in [2.45, 2.75) is 32.5 Å². The molecular formula is C12H13F3O2. The van der Waals surface area contributed by atoms with Crippen LogP contribution in [0.25, 0.3) is 0 Å². The fraction of sp³-hybridized carbons (Fsp3) is 0.417. The van der Waals surface area contributed by atoms with Gasteiger partial charge >= 0.3 is 12.1 Å². The van der Waals surface area contributed by atoms with Gasteiger partial charge in [-0.25, -0.2) is 0 Å². The van der Waals surface area contributed by atoms with E-state index in [0.717, 1.165) is 12.5 Å². The van der Waals surface area contributed by atoms with Gasteiger partial charge in [0.25, 0.3) is 0 Å². The highest BCUT2D eigenvalue weighted by atomic mass is 19.4. The van der Waals surface area contributed by atoms with E-state index in [-0.39, 0.29) is 0 Å². The molecule has 0 fully saturated rings. The summed E-state index contributed by atoms with van der Waals surface area (Å²) in [5.41, 5.74) is 1.28. The SMILES string of the molecule is CC(=O)OC(CC(F)(F)F)c1ccc(C)cc1. The molecule has 0 amide bonds. The van der Waals surface area contributed by atoms with E-state index < -0.39 is 24.7 Å². The van der Waals surface area contributed by atoms with Gasteiger partial charge in [-0.3, -0.25) is 4.79 Å². The Kier molecular flexibility index (Phi) is 4.15. The molecular weight excluding hydrogens is 233 g/mol. The van der Waals surface area contributed by atoms with Crippen molar-refractivity contribution >= 4 is 5.97 Å². The molecule has 0 N–H and O–H groups in total. The third kappa shape index (κ3) is 4.89. The summed E-state index contributed by atoms with van der Waals surface area (Å²) in [5, 5.41) is 0. The zero-order chi connectivity index (χ0) is 13.1. The van der Waals surface area contributed by atoms with Gasteiger partial charge in [-0.2, -0.15) is 13.2 Å². The molecule has 0 aliphatic rings. The molecule has 1 unspecified atom stereocenters. The number of aryl methyl sites for hydroxylation is 1. The van der Waals surface area contributed by atoms with Crippen molar-refractivity contribution in [3.8, 4) is 0 Å². The van der Waals surface area contributed by atoms with Crippen molar-refractivity contribution in [1.82, 2.24) is 0 Å². The molecule has 17 heavy (non-hydrogen) atoms. The van der Waals surface area contributed by atoms with E-state index in [1.54, 1.807) is 12.1 Å². The quantitative estimate of drug-likeness (QED) is 0.762. The summed E-state index contributed by atoms with van der Waals surface area (Å²) >= 11 is 0. The van der Waals surface area contributed by atoms with E-state index >= 15 is 0 Å². The summed E-state index contributed by atoms with van der Waals surface area (Å²) < 4.78 is 41.7. The maximum Gasteiger partial charge on any atom is 0.392 e. The lowest BCUT2D eigenvalue weighted by Gasteiger charge is -2.19. The minimum absolute atomic E-state index is 0.350. The molecule has 1 aromatic rings. The first-order chi connectivity index (χ1) is 7.78. The van der Waals surface area contributed by atoms with E-state index in [1.165, 1.54) is 12.1 Å². The van der Waals surface area contributed by atoms with Gasteiger partial charge in [0.15, 0.2) is 0 Å². The Labute approximate surface area is 97.4 Å². The number of benzene rings is 1. The Hall–Kier alpha value is -1.52. The first kappa shape index (κ1) is 13.5. The van der Waals surface area contributed by atoms with Gasteiger partial charge in [-0.15, -0.1) is 0 Å². The summed E-state index contributed by atoms with van der Waals surface area (Å²) in [7, 11) is 0. The molecule has 94 valence electrons. The van der Waals surface area contributed by atoms with Gasteiger partial charge in [0.2, 0.25) is 0 Å². The fourth-order valence-corrected chi connectivity index (χ4v) is 1.42. The van der Waals surface area contributed by atoms with E-state index in [9.17, 15) is 18.0 Å². The highest BCUT2D eigenvalue weighted by molar-refractivity contribution is 5.66. The monoisotopic (exact) mass is 246 g/mol. The molecule has 0 aromatic heterocycles. The lowest BCUT2D eigenvalue weighted by molar-refractivity contribution is -0.172. The van der Waals surface area contributed by atoms with Crippen molar-refractivity contribution in [2.75, 3.05) is 0 Å². The Balaban J connectivity index is 2.89. The van der Waals surface area contributed by atoms with E-state index in [1.807, 2.05) is 6.92 Å². The normalized spacial score (nSPS) is 13.2. The number of hydrogen-bond donors (Lipinski definition) is 0. The van der Waals surface area contributed by atoms with Crippen LogP contribution in [0.1, 0.15) is 30.6 Å². The molecule has 1 aromatic carbocycles. The fourth-order valence-electron chi connectivity index (χ4n) is 1.42. The van der Waals surface area contributed by atoms with Gasteiger partial charge in [-0.05, 0) is 12.5 Å². The van der Waals surface area contributed by atoms with E-state index in [4.69, 9.17) is 4.74 Å². The van der Waals surface area contributed by atoms with Crippen LogP contribution in [0.4, 0.5) is 13.2 Å². The summed E-state index contributed by atoms with van der Waals surface area (Å²) in [5.74, 6) is -0.722. The third-order valence-corrected chi connectivity index (χ3v) is 2.17. The molecule has 0 bridgehead atoms. The van der Waals surface area contributed by atoms with Gasteiger partial charge in [0.1, 0.15) is 6.10 Å². The number of halogens is 3. The van der Waals surface area contributed by atoms with E-state index in [2.05, 4.69) is 0 Å². The number of carbonyl (C=O) groups is 1. The largest absolute Gasteiger partial charge is 0.457 e. The summed E-state index contributed by atoms with van der Waals surface area (Å²) in [6.45, 7) is 2.92. The second-order valence-corrected chi connectivity index (χ2v) is 3.83. The second-order valence-electron chi connectivity index (χ2n) is 3.83. The van der Waals surface area contributed by atoms with Crippen LogP contribution in [0, 0.1) is 6.92 Å².